The largest absolute Gasteiger partial charge is 0.377 e. The lowest BCUT2D eigenvalue weighted by atomic mass is 10.1. The number of aliphatic imine (C=N–C) groups is 1. The lowest BCUT2D eigenvalue weighted by molar-refractivity contribution is 0.0200. The Kier molecular flexibility index (Phi) is 12.2. The molecule has 2 fully saturated rings. The number of rotatable bonds is 9. The first-order valence-electron chi connectivity index (χ1n) is 10.2. The smallest absolute Gasteiger partial charge is 0.213 e. The third-order valence-corrected chi connectivity index (χ3v) is 6.77. The van der Waals surface area contributed by atoms with E-state index in [9.17, 15) is 8.42 Å². The van der Waals surface area contributed by atoms with Gasteiger partial charge in [0.1, 0.15) is 0 Å². The van der Waals surface area contributed by atoms with Crippen molar-refractivity contribution < 1.29 is 13.2 Å². The van der Waals surface area contributed by atoms with E-state index in [1.165, 1.54) is 12.8 Å². The van der Waals surface area contributed by atoms with Gasteiger partial charge >= 0.3 is 0 Å². The summed E-state index contributed by atoms with van der Waals surface area (Å²) in [7, 11) is 0.423. The van der Waals surface area contributed by atoms with Gasteiger partial charge in [-0.1, -0.05) is 6.92 Å². The summed E-state index contributed by atoms with van der Waals surface area (Å²) < 4.78 is 32.7. The van der Waals surface area contributed by atoms with Gasteiger partial charge in [-0.15, -0.1) is 24.0 Å². The molecule has 2 saturated heterocycles. The maximum Gasteiger partial charge on any atom is 0.213 e. The van der Waals surface area contributed by atoms with Gasteiger partial charge in [0.05, 0.1) is 11.9 Å². The molecule has 2 aliphatic heterocycles. The van der Waals surface area contributed by atoms with Crippen molar-refractivity contribution in [3.05, 3.63) is 0 Å². The minimum Gasteiger partial charge on any atom is -0.377 e. The van der Waals surface area contributed by atoms with E-state index >= 15 is 0 Å². The minimum absolute atomic E-state index is 0. The molecule has 2 atom stereocenters. The molecule has 0 saturated carbocycles. The Morgan fingerprint density at radius 1 is 1.29 bits per heavy atom. The van der Waals surface area contributed by atoms with E-state index in [1.54, 1.807) is 7.05 Å². The molecule has 0 aromatic carbocycles. The average Bonchev–Trinajstić information content (AvgIpc) is 3.11. The molecule has 2 heterocycles. The fraction of sp³-hybridized carbons (Fsp3) is 0.944. The normalized spacial score (nSPS) is 24.0. The van der Waals surface area contributed by atoms with Crippen LogP contribution in [0.3, 0.4) is 0 Å². The molecule has 2 N–H and O–H groups in total. The molecule has 0 spiro atoms. The topological polar surface area (TPSA) is 86.3 Å². The highest BCUT2D eigenvalue weighted by Gasteiger charge is 2.25. The second kappa shape index (κ2) is 13.2. The van der Waals surface area contributed by atoms with Crippen LogP contribution in [0.25, 0.3) is 0 Å². The molecule has 2 rings (SSSR count). The molecule has 0 bridgehead atoms. The molecule has 28 heavy (non-hydrogen) atoms. The number of halogens is 1. The van der Waals surface area contributed by atoms with Gasteiger partial charge in [-0.3, -0.25) is 9.89 Å². The summed E-state index contributed by atoms with van der Waals surface area (Å²) >= 11 is 0. The Labute approximate surface area is 187 Å². The minimum atomic E-state index is -3.32. The van der Waals surface area contributed by atoms with Crippen LogP contribution in [0.15, 0.2) is 4.99 Å². The van der Waals surface area contributed by atoms with E-state index in [1.807, 2.05) is 7.05 Å². The van der Waals surface area contributed by atoms with Gasteiger partial charge in [-0.05, 0) is 45.2 Å². The Balaban J connectivity index is 0.00000392. The maximum absolute atomic E-state index is 12.2. The number of likely N-dealkylation sites (N-methyl/N-ethyl adjacent to an activating group) is 2. The van der Waals surface area contributed by atoms with Crippen LogP contribution in [-0.2, 0) is 14.8 Å². The average molecular weight is 532 g/mol. The Bertz CT molecular complexity index is 570. The van der Waals surface area contributed by atoms with Crippen molar-refractivity contribution in [3.8, 4) is 0 Å². The van der Waals surface area contributed by atoms with Crippen molar-refractivity contribution in [2.75, 3.05) is 59.2 Å². The van der Waals surface area contributed by atoms with Gasteiger partial charge in [0.25, 0.3) is 0 Å². The molecule has 2 unspecified atom stereocenters. The van der Waals surface area contributed by atoms with Crippen molar-refractivity contribution in [2.24, 2.45) is 4.99 Å². The molecule has 0 aromatic rings. The lowest BCUT2D eigenvalue weighted by Gasteiger charge is -2.29. The molecule has 0 aromatic heterocycles. The van der Waals surface area contributed by atoms with E-state index in [0.717, 1.165) is 51.5 Å². The summed E-state index contributed by atoms with van der Waals surface area (Å²) in [4.78, 5) is 8.88. The molecule has 2 aliphatic rings. The molecule has 0 radical (unpaired) electrons. The number of likely N-dealkylation sites (tertiary alicyclic amines) is 1. The zero-order valence-electron chi connectivity index (χ0n) is 17.5. The number of nitrogens with one attached hydrogen (secondary N) is 2. The van der Waals surface area contributed by atoms with Crippen LogP contribution in [0.5, 0.6) is 0 Å². The van der Waals surface area contributed by atoms with Crippen LogP contribution in [0, 0.1) is 0 Å². The molecule has 8 nitrogen and oxygen atoms in total. The van der Waals surface area contributed by atoms with Gasteiger partial charge in [0.2, 0.25) is 10.0 Å². The predicted octanol–water partition coefficient (Wildman–Crippen LogP) is 1.08. The monoisotopic (exact) mass is 531 g/mol. The highest BCUT2D eigenvalue weighted by molar-refractivity contribution is 14.0. The van der Waals surface area contributed by atoms with Crippen LogP contribution < -0.4 is 10.0 Å². The Hall–Kier alpha value is -0.170. The third-order valence-electron chi connectivity index (χ3n) is 5.42. The first kappa shape index (κ1) is 25.9. The van der Waals surface area contributed by atoms with Crippen LogP contribution in [-0.4, -0.2) is 95.5 Å². The first-order chi connectivity index (χ1) is 12.9. The summed E-state index contributed by atoms with van der Waals surface area (Å²) in [5, 5.41) is 3.18. The number of hydrogen-bond acceptors (Lipinski definition) is 5. The Morgan fingerprint density at radius 3 is 2.71 bits per heavy atom. The molecule has 0 amide bonds. The van der Waals surface area contributed by atoms with Crippen molar-refractivity contribution in [1.29, 1.82) is 0 Å². The number of ether oxygens (including phenoxy) is 1. The van der Waals surface area contributed by atoms with E-state index in [-0.39, 0.29) is 35.8 Å². The van der Waals surface area contributed by atoms with Crippen molar-refractivity contribution in [3.63, 3.8) is 0 Å². The summed E-state index contributed by atoms with van der Waals surface area (Å²) in [5.74, 6) is 0.764. The third kappa shape index (κ3) is 8.68. The van der Waals surface area contributed by atoms with Gasteiger partial charge in [-0.2, -0.15) is 0 Å². The predicted molar refractivity (Wildman–Crippen MR) is 125 cm³/mol. The maximum atomic E-state index is 12.2. The fourth-order valence-corrected chi connectivity index (χ4v) is 4.82. The van der Waals surface area contributed by atoms with E-state index in [2.05, 4.69) is 31.8 Å². The van der Waals surface area contributed by atoms with Gasteiger partial charge in [0.15, 0.2) is 5.96 Å². The summed E-state index contributed by atoms with van der Waals surface area (Å²) in [6.07, 6.45) is 5.55. The molecular weight excluding hydrogens is 493 g/mol. The number of nitrogens with zero attached hydrogens (tertiary/aromatic N) is 3. The van der Waals surface area contributed by atoms with Gasteiger partial charge in [-0.25, -0.2) is 13.1 Å². The highest BCUT2D eigenvalue weighted by Crippen LogP contribution is 2.17. The number of guanidine groups is 1. The fourth-order valence-electron chi connectivity index (χ4n) is 3.86. The van der Waals surface area contributed by atoms with E-state index in [0.29, 0.717) is 19.1 Å². The molecular formula is C18H38IN5O3S. The number of hydrogen-bond donors (Lipinski definition) is 2. The highest BCUT2D eigenvalue weighted by atomic mass is 127. The zero-order chi connectivity index (χ0) is 19.7. The van der Waals surface area contributed by atoms with Gasteiger partial charge in [0, 0.05) is 46.4 Å². The number of sulfonamides is 1. The summed E-state index contributed by atoms with van der Waals surface area (Å²) in [6.45, 7) is 6.76. The van der Waals surface area contributed by atoms with Crippen molar-refractivity contribution >= 4 is 40.0 Å². The van der Waals surface area contributed by atoms with Gasteiger partial charge < -0.3 is 15.0 Å². The Morgan fingerprint density at radius 2 is 2.07 bits per heavy atom. The standard InChI is InChI=1S/C18H37N5O3S.HI/c1-4-23-11-7-8-16(23)15-22(3)18(19-2)20-10-13-27(24,25)21-14-17-9-5-6-12-26-17;/h16-17,21H,4-15H2,1-3H3,(H,19,20);1H. The second-order valence-electron chi connectivity index (χ2n) is 7.44. The van der Waals surface area contributed by atoms with Crippen LogP contribution >= 0.6 is 24.0 Å². The first-order valence-corrected chi connectivity index (χ1v) is 11.8. The second-order valence-corrected chi connectivity index (χ2v) is 9.36. The van der Waals surface area contributed by atoms with Crippen molar-refractivity contribution in [2.45, 2.75) is 51.2 Å². The van der Waals surface area contributed by atoms with Crippen LogP contribution in [0.1, 0.15) is 39.0 Å². The molecule has 166 valence electrons. The van der Waals surface area contributed by atoms with Crippen LogP contribution in [0.2, 0.25) is 0 Å². The molecule has 10 heteroatoms. The molecule has 0 aliphatic carbocycles. The van der Waals surface area contributed by atoms with E-state index in [4.69, 9.17) is 4.74 Å². The quantitative estimate of drug-likeness (QED) is 0.263. The summed E-state index contributed by atoms with van der Waals surface area (Å²) in [6, 6.07) is 0.541. The van der Waals surface area contributed by atoms with Crippen LogP contribution in [0.4, 0.5) is 0 Å². The van der Waals surface area contributed by atoms with E-state index < -0.39 is 10.0 Å². The zero-order valence-corrected chi connectivity index (χ0v) is 20.7. The summed E-state index contributed by atoms with van der Waals surface area (Å²) in [5.41, 5.74) is 0. The lowest BCUT2D eigenvalue weighted by Crippen LogP contribution is -2.47. The van der Waals surface area contributed by atoms with Crippen molar-refractivity contribution in [1.82, 2.24) is 19.8 Å². The SMILES string of the molecule is CCN1CCCC1CN(C)C(=NC)NCCS(=O)(=O)NCC1CCCCO1.I.